The molecule has 29 heavy (non-hydrogen) atoms. The third kappa shape index (κ3) is 7.84. The predicted molar refractivity (Wildman–Crippen MR) is 112 cm³/mol. The summed E-state index contributed by atoms with van der Waals surface area (Å²) in [5.74, 6) is -1.27. The number of carbonyl (C=O) groups excluding carboxylic acids is 3. The average molecular weight is 417 g/mol. The van der Waals surface area contributed by atoms with Gasteiger partial charge in [-0.25, -0.2) is 0 Å². The fourth-order valence-corrected chi connectivity index (χ4v) is 2.70. The first kappa shape index (κ1) is 22.3. The molecule has 2 aromatic carbocycles. The Bertz CT molecular complexity index is 882. The van der Waals surface area contributed by atoms with E-state index in [1.54, 1.807) is 0 Å². The Morgan fingerprint density at radius 1 is 0.931 bits per heavy atom. The zero-order valence-corrected chi connectivity index (χ0v) is 16.8. The maximum atomic E-state index is 12.2. The van der Waals surface area contributed by atoms with Crippen LogP contribution < -0.4 is 16.2 Å². The van der Waals surface area contributed by atoms with Gasteiger partial charge in [0, 0.05) is 13.5 Å². The van der Waals surface area contributed by atoms with Crippen LogP contribution in [0.1, 0.15) is 18.4 Å². The van der Waals surface area contributed by atoms with Crippen molar-refractivity contribution in [3.8, 4) is 0 Å². The second kappa shape index (κ2) is 11.7. The van der Waals surface area contributed by atoms with E-state index in [0.717, 1.165) is 16.3 Å². The fraction of sp³-hybridized carbons (Fsp3) is 0.300. The highest BCUT2D eigenvalue weighted by molar-refractivity contribution is 7.80. The van der Waals surface area contributed by atoms with Crippen molar-refractivity contribution in [1.82, 2.24) is 16.2 Å². The number of rotatable bonds is 8. The molecule has 0 heterocycles. The summed E-state index contributed by atoms with van der Waals surface area (Å²) in [6.45, 7) is 0.435. The van der Waals surface area contributed by atoms with Gasteiger partial charge in [-0.05, 0) is 28.6 Å². The molecular weight excluding hydrogens is 394 g/mol. The van der Waals surface area contributed by atoms with Gasteiger partial charge < -0.3 is 14.8 Å². The number of nitrogens with one attached hydrogen (secondary N) is 3. The highest BCUT2D eigenvalue weighted by Gasteiger charge is 2.11. The number of benzene rings is 2. The van der Waals surface area contributed by atoms with Crippen molar-refractivity contribution >= 4 is 45.9 Å². The third-order valence-corrected chi connectivity index (χ3v) is 4.11. The van der Waals surface area contributed by atoms with Crippen LogP contribution >= 0.6 is 12.2 Å². The first-order chi connectivity index (χ1) is 14.0. The van der Waals surface area contributed by atoms with Crippen LogP contribution in [-0.4, -0.2) is 43.2 Å². The minimum Gasteiger partial charge on any atom is -0.463 e. The molecule has 2 rings (SSSR count). The van der Waals surface area contributed by atoms with Crippen LogP contribution in [0.5, 0.6) is 0 Å². The van der Waals surface area contributed by atoms with Gasteiger partial charge in [-0.1, -0.05) is 42.5 Å². The van der Waals surface area contributed by atoms with Gasteiger partial charge in [0.2, 0.25) is 11.8 Å². The number of esters is 1. The maximum Gasteiger partial charge on any atom is 0.306 e. The first-order valence-corrected chi connectivity index (χ1v) is 9.40. The lowest BCUT2D eigenvalue weighted by Gasteiger charge is -2.11. The molecule has 0 atom stereocenters. The van der Waals surface area contributed by atoms with Crippen LogP contribution in [0.4, 0.5) is 0 Å². The van der Waals surface area contributed by atoms with Crippen LogP contribution in [0.3, 0.4) is 0 Å². The minimum absolute atomic E-state index is 0.0611. The average Bonchev–Trinajstić information content (AvgIpc) is 2.71. The Balaban J connectivity index is 1.71. The van der Waals surface area contributed by atoms with Gasteiger partial charge in [0.05, 0.1) is 19.4 Å². The fourth-order valence-electron chi connectivity index (χ4n) is 2.54. The maximum absolute atomic E-state index is 12.2. The van der Waals surface area contributed by atoms with E-state index in [4.69, 9.17) is 21.7 Å². The van der Waals surface area contributed by atoms with E-state index in [-0.39, 0.29) is 36.9 Å². The summed E-state index contributed by atoms with van der Waals surface area (Å²) in [5.41, 5.74) is 5.81. The number of methoxy groups -OCH3 is 1. The first-order valence-electron chi connectivity index (χ1n) is 8.99. The quantitative estimate of drug-likeness (QED) is 0.258. The summed E-state index contributed by atoms with van der Waals surface area (Å²) in [6.07, 6.45) is -0.0125. The number of hydrogen-bond acceptors (Lipinski definition) is 6. The Morgan fingerprint density at radius 3 is 2.48 bits per heavy atom. The standard InChI is InChI=1S/C20H23N3O5S/c1-27-11-12-28-19(26)10-9-17(24)21-20(29)23-22-18(25)13-15-7-4-6-14-5-2-3-8-16(14)15/h2-8H,9-13H2,1H3,(H,22,25)(H2,21,23,24,29). The zero-order valence-electron chi connectivity index (χ0n) is 16.0. The Morgan fingerprint density at radius 2 is 1.69 bits per heavy atom. The summed E-state index contributed by atoms with van der Waals surface area (Å²) < 4.78 is 9.61. The van der Waals surface area contributed by atoms with E-state index in [1.165, 1.54) is 7.11 Å². The van der Waals surface area contributed by atoms with Crippen molar-refractivity contribution in [2.24, 2.45) is 0 Å². The van der Waals surface area contributed by atoms with Gasteiger partial charge >= 0.3 is 5.97 Å². The molecule has 0 unspecified atom stereocenters. The number of hydrogen-bond donors (Lipinski definition) is 3. The van der Waals surface area contributed by atoms with E-state index in [9.17, 15) is 14.4 Å². The molecule has 0 radical (unpaired) electrons. The lowest BCUT2D eigenvalue weighted by atomic mass is 10.0. The molecule has 0 aliphatic carbocycles. The monoisotopic (exact) mass is 417 g/mol. The van der Waals surface area contributed by atoms with Crippen molar-refractivity contribution in [1.29, 1.82) is 0 Å². The normalized spacial score (nSPS) is 10.2. The van der Waals surface area contributed by atoms with Crippen molar-refractivity contribution < 1.29 is 23.9 Å². The lowest BCUT2D eigenvalue weighted by Crippen LogP contribution is -2.48. The molecule has 0 spiro atoms. The van der Waals surface area contributed by atoms with Gasteiger partial charge in [0.25, 0.3) is 0 Å². The SMILES string of the molecule is COCCOC(=O)CCC(=O)NC(=S)NNC(=O)Cc1cccc2ccccc12. The van der Waals surface area contributed by atoms with Crippen LogP contribution in [-0.2, 0) is 30.3 Å². The Kier molecular flexibility index (Phi) is 9.00. The molecule has 2 amide bonds. The van der Waals surface area contributed by atoms with E-state index in [2.05, 4.69) is 16.2 Å². The number of fused-ring (bicyclic) bond motifs is 1. The van der Waals surface area contributed by atoms with E-state index < -0.39 is 11.9 Å². The van der Waals surface area contributed by atoms with E-state index in [1.807, 2.05) is 42.5 Å². The molecule has 0 saturated heterocycles. The second-order valence-corrected chi connectivity index (χ2v) is 6.49. The molecular formula is C20H23N3O5S. The van der Waals surface area contributed by atoms with Gasteiger partial charge in [0.1, 0.15) is 6.61 Å². The summed E-state index contributed by atoms with van der Waals surface area (Å²) in [7, 11) is 1.50. The van der Waals surface area contributed by atoms with Crippen LogP contribution in [0, 0.1) is 0 Å². The zero-order chi connectivity index (χ0) is 21.1. The highest BCUT2D eigenvalue weighted by Crippen LogP contribution is 2.18. The smallest absolute Gasteiger partial charge is 0.306 e. The number of ether oxygens (including phenoxy) is 2. The van der Waals surface area contributed by atoms with Crippen molar-refractivity contribution in [3.63, 3.8) is 0 Å². The van der Waals surface area contributed by atoms with Gasteiger partial charge in [-0.15, -0.1) is 0 Å². The topological polar surface area (TPSA) is 106 Å². The Hall–Kier alpha value is -3.04. The van der Waals surface area contributed by atoms with Crippen LogP contribution in [0.25, 0.3) is 10.8 Å². The molecule has 3 N–H and O–H groups in total. The van der Waals surface area contributed by atoms with E-state index >= 15 is 0 Å². The lowest BCUT2D eigenvalue weighted by molar-refractivity contribution is -0.146. The predicted octanol–water partition coefficient (Wildman–Crippen LogP) is 1.37. The molecule has 0 aliphatic rings. The molecule has 0 fully saturated rings. The van der Waals surface area contributed by atoms with Crippen molar-refractivity contribution in [2.75, 3.05) is 20.3 Å². The minimum atomic E-state index is -0.500. The molecule has 0 aliphatic heterocycles. The van der Waals surface area contributed by atoms with E-state index in [0.29, 0.717) is 6.61 Å². The molecule has 8 nitrogen and oxygen atoms in total. The molecule has 0 saturated carbocycles. The van der Waals surface area contributed by atoms with Crippen molar-refractivity contribution in [3.05, 3.63) is 48.0 Å². The molecule has 2 aromatic rings. The molecule has 9 heteroatoms. The van der Waals surface area contributed by atoms with Crippen LogP contribution in [0.15, 0.2) is 42.5 Å². The Labute approximate surface area is 173 Å². The molecule has 0 aromatic heterocycles. The van der Waals surface area contributed by atoms with Crippen molar-refractivity contribution in [2.45, 2.75) is 19.3 Å². The summed E-state index contributed by atoms with van der Waals surface area (Å²) in [4.78, 5) is 35.4. The molecule has 154 valence electrons. The summed E-state index contributed by atoms with van der Waals surface area (Å²) >= 11 is 4.97. The van der Waals surface area contributed by atoms with Gasteiger partial charge in [-0.2, -0.15) is 0 Å². The molecule has 0 bridgehead atoms. The number of hydrazine groups is 1. The summed E-state index contributed by atoms with van der Waals surface area (Å²) in [6, 6.07) is 13.5. The third-order valence-electron chi connectivity index (χ3n) is 3.91. The number of thiocarbonyl (C=S) groups is 1. The number of carbonyl (C=O) groups is 3. The second-order valence-electron chi connectivity index (χ2n) is 6.08. The van der Waals surface area contributed by atoms with Crippen LogP contribution in [0.2, 0.25) is 0 Å². The number of amides is 2. The summed E-state index contributed by atoms with van der Waals surface area (Å²) in [5, 5.41) is 4.37. The largest absolute Gasteiger partial charge is 0.463 e. The van der Waals surface area contributed by atoms with Gasteiger partial charge in [0.15, 0.2) is 5.11 Å². The van der Waals surface area contributed by atoms with Gasteiger partial charge in [-0.3, -0.25) is 25.2 Å². The highest BCUT2D eigenvalue weighted by atomic mass is 32.1.